The van der Waals surface area contributed by atoms with Crippen molar-refractivity contribution in [3.05, 3.63) is 52.6 Å². The predicted molar refractivity (Wildman–Crippen MR) is 105 cm³/mol. The van der Waals surface area contributed by atoms with Gasteiger partial charge in [0.15, 0.2) is 0 Å². The molecule has 0 saturated heterocycles. The first-order valence-electron chi connectivity index (χ1n) is 9.28. The van der Waals surface area contributed by atoms with Gasteiger partial charge in [0, 0.05) is 6.54 Å². The molecule has 1 saturated carbocycles. The first-order chi connectivity index (χ1) is 13.3. The summed E-state index contributed by atoms with van der Waals surface area (Å²) >= 11 is 0. The molecular formula is C22H23FN4O. The van der Waals surface area contributed by atoms with E-state index < -0.39 is 5.82 Å². The Morgan fingerprint density at radius 2 is 2.18 bits per heavy atom. The lowest BCUT2D eigenvalue weighted by atomic mass is 9.58. The highest BCUT2D eigenvalue weighted by Crippen LogP contribution is 2.47. The highest BCUT2D eigenvalue weighted by Gasteiger charge is 2.47. The second kappa shape index (κ2) is 7.96. The summed E-state index contributed by atoms with van der Waals surface area (Å²) in [5.41, 5.74) is 2.04. The number of nitriles is 1. The van der Waals surface area contributed by atoms with Crippen LogP contribution in [0.1, 0.15) is 42.7 Å². The number of nitrogens with one attached hydrogen (secondary N) is 1. The molecule has 0 spiro atoms. The van der Waals surface area contributed by atoms with E-state index in [9.17, 15) is 14.8 Å². The van der Waals surface area contributed by atoms with E-state index in [1.165, 1.54) is 12.3 Å². The van der Waals surface area contributed by atoms with Gasteiger partial charge in [0.1, 0.15) is 11.9 Å². The average Bonchev–Trinajstić information content (AvgIpc) is 2.68. The van der Waals surface area contributed by atoms with Crippen LogP contribution in [0.4, 0.5) is 10.3 Å². The van der Waals surface area contributed by atoms with Crippen LogP contribution in [-0.4, -0.2) is 27.7 Å². The van der Waals surface area contributed by atoms with Crippen LogP contribution in [0.5, 0.6) is 0 Å². The smallest absolute Gasteiger partial charge is 0.222 e. The molecule has 3 rings (SSSR count). The summed E-state index contributed by atoms with van der Waals surface area (Å²) in [7, 11) is 0. The first kappa shape index (κ1) is 19.8. The molecule has 1 aliphatic carbocycles. The molecule has 0 unspecified atom stereocenters. The van der Waals surface area contributed by atoms with Crippen molar-refractivity contribution in [1.29, 1.82) is 5.26 Å². The highest BCUT2D eigenvalue weighted by atomic mass is 19.1. The van der Waals surface area contributed by atoms with Gasteiger partial charge in [-0.05, 0) is 48.3 Å². The van der Waals surface area contributed by atoms with Gasteiger partial charge in [0.05, 0.1) is 29.1 Å². The molecule has 0 amide bonds. The monoisotopic (exact) mass is 378 g/mol. The number of aliphatic hydroxyl groups excluding tert-OH is 1. The van der Waals surface area contributed by atoms with Gasteiger partial charge in [-0.3, -0.25) is 0 Å². The van der Waals surface area contributed by atoms with Crippen molar-refractivity contribution in [2.75, 3.05) is 11.9 Å². The number of nitrogens with zero attached hydrogens (tertiary/aromatic N) is 3. The number of terminal acetylenes is 1. The first-order valence-corrected chi connectivity index (χ1v) is 9.28. The number of aromatic nitrogens is 2. The largest absolute Gasteiger partial charge is 0.393 e. The van der Waals surface area contributed by atoms with Crippen LogP contribution >= 0.6 is 0 Å². The lowest BCUT2D eigenvalue weighted by molar-refractivity contribution is -0.0978. The maximum absolute atomic E-state index is 13.8. The standard InChI is InChI=1S/C22H23FN4O/c1-4-15-6-5-14(9-18(15)23)7-8-25-21-26-13-16(12-24)19(27-21)10-17-11-20(28)22(17,2)3/h1,5-6,9,13,17,20,28H,7-8,10-11H2,2-3H3,(H,25,26,27)/t17-,20+/m1/s1. The summed E-state index contributed by atoms with van der Waals surface area (Å²) in [6.45, 7) is 4.58. The molecule has 5 nitrogen and oxygen atoms in total. The number of rotatable bonds is 6. The normalized spacial score (nSPS) is 19.9. The van der Waals surface area contributed by atoms with Gasteiger partial charge < -0.3 is 10.4 Å². The molecule has 0 aliphatic heterocycles. The number of anilines is 1. The topological polar surface area (TPSA) is 81.8 Å². The molecule has 1 aromatic carbocycles. The van der Waals surface area contributed by atoms with Crippen LogP contribution in [0, 0.1) is 40.8 Å². The third-order valence-electron chi connectivity index (χ3n) is 5.73. The van der Waals surface area contributed by atoms with Gasteiger partial charge >= 0.3 is 0 Å². The molecule has 1 fully saturated rings. The summed E-state index contributed by atoms with van der Waals surface area (Å²) in [5, 5.41) is 22.4. The van der Waals surface area contributed by atoms with Crippen LogP contribution in [0.15, 0.2) is 24.4 Å². The fourth-order valence-corrected chi connectivity index (χ4v) is 3.47. The zero-order chi connectivity index (χ0) is 20.3. The highest BCUT2D eigenvalue weighted by molar-refractivity contribution is 5.38. The van der Waals surface area contributed by atoms with Crippen LogP contribution in [-0.2, 0) is 12.8 Å². The Balaban J connectivity index is 1.64. The summed E-state index contributed by atoms with van der Waals surface area (Å²) in [6.07, 6.45) is 8.36. The van der Waals surface area contributed by atoms with Gasteiger partial charge in [0.2, 0.25) is 5.95 Å². The molecule has 2 aromatic rings. The molecule has 1 aromatic heterocycles. The van der Waals surface area contributed by atoms with Crippen molar-refractivity contribution in [3.63, 3.8) is 0 Å². The Morgan fingerprint density at radius 3 is 2.79 bits per heavy atom. The summed E-state index contributed by atoms with van der Waals surface area (Å²) in [5.74, 6) is 2.61. The third kappa shape index (κ3) is 3.98. The van der Waals surface area contributed by atoms with Gasteiger partial charge in [0.25, 0.3) is 0 Å². The van der Waals surface area contributed by atoms with Gasteiger partial charge in [-0.1, -0.05) is 25.8 Å². The van der Waals surface area contributed by atoms with E-state index in [0.717, 1.165) is 5.56 Å². The Kier molecular flexibility index (Phi) is 5.63. The minimum atomic E-state index is -0.401. The van der Waals surface area contributed by atoms with E-state index in [1.54, 1.807) is 12.1 Å². The second-order valence-corrected chi connectivity index (χ2v) is 7.78. The van der Waals surface area contributed by atoms with E-state index in [0.29, 0.717) is 43.0 Å². The molecule has 0 bridgehead atoms. The molecule has 2 atom stereocenters. The average molecular weight is 378 g/mol. The summed E-state index contributed by atoms with van der Waals surface area (Å²) in [6, 6.07) is 6.97. The number of benzene rings is 1. The Morgan fingerprint density at radius 1 is 1.39 bits per heavy atom. The quantitative estimate of drug-likeness (QED) is 0.755. The second-order valence-electron chi connectivity index (χ2n) is 7.78. The van der Waals surface area contributed by atoms with Crippen molar-refractivity contribution in [2.45, 2.75) is 39.2 Å². The zero-order valence-corrected chi connectivity index (χ0v) is 16.0. The van der Waals surface area contributed by atoms with Crippen molar-refractivity contribution in [3.8, 4) is 18.4 Å². The molecule has 2 N–H and O–H groups in total. The number of halogens is 1. The molecular weight excluding hydrogens is 355 g/mol. The summed E-state index contributed by atoms with van der Waals surface area (Å²) in [4.78, 5) is 8.70. The van der Waals surface area contributed by atoms with Crippen molar-refractivity contribution >= 4 is 5.95 Å². The lowest BCUT2D eigenvalue weighted by Crippen LogP contribution is -2.50. The molecule has 1 heterocycles. The van der Waals surface area contributed by atoms with E-state index in [2.05, 4.69) is 27.3 Å². The Labute approximate surface area is 164 Å². The molecule has 0 radical (unpaired) electrons. The minimum absolute atomic E-state index is 0.181. The van der Waals surface area contributed by atoms with Gasteiger partial charge in [-0.15, -0.1) is 6.42 Å². The maximum Gasteiger partial charge on any atom is 0.222 e. The fourth-order valence-electron chi connectivity index (χ4n) is 3.47. The number of hydrogen-bond donors (Lipinski definition) is 2. The fraction of sp³-hybridized carbons (Fsp3) is 0.409. The predicted octanol–water partition coefficient (Wildman–Crippen LogP) is 3.07. The van der Waals surface area contributed by atoms with Crippen LogP contribution in [0.3, 0.4) is 0 Å². The molecule has 6 heteroatoms. The molecule has 144 valence electrons. The van der Waals surface area contributed by atoms with E-state index in [4.69, 9.17) is 6.42 Å². The zero-order valence-electron chi connectivity index (χ0n) is 16.0. The third-order valence-corrected chi connectivity index (χ3v) is 5.73. The maximum atomic E-state index is 13.8. The number of hydrogen-bond acceptors (Lipinski definition) is 5. The minimum Gasteiger partial charge on any atom is -0.393 e. The van der Waals surface area contributed by atoms with E-state index in [1.807, 2.05) is 13.8 Å². The Bertz CT molecular complexity index is 958. The number of aliphatic hydroxyl groups is 1. The van der Waals surface area contributed by atoms with E-state index >= 15 is 0 Å². The van der Waals surface area contributed by atoms with Crippen molar-refractivity contribution in [2.24, 2.45) is 11.3 Å². The van der Waals surface area contributed by atoms with Crippen LogP contribution in [0.2, 0.25) is 0 Å². The Hall–Kier alpha value is -2.96. The van der Waals surface area contributed by atoms with Crippen LogP contribution in [0.25, 0.3) is 0 Å². The molecule has 28 heavy (non-hydrogen) atoms. The van der Waals surface area contributed by atoms with E-state index in [-0.39, 0.29) is 23.0 Å². The van der Waals surface area contributed by atoms with Gasteiger partial charge in [-0.25, -0.2) is 14.4 Å². The van der Waals surface area contributed by atoms with Crippen molar-refractivity contribution < 1.29 is 9.50 Å². The summed E-state index contributed by atoms with van der Waals surface area (Å²) < 4.78 is 13.8. The van der Waals surface area contributed by atoms with Crippen LogP contribution < -0.4 is 5.32 Å². The van der Waals surface area contributed by atoms with Crippen molar-refractivity contribution in [1.82, 2.24) is 9.97 Å². The lowest BCUT2D eigenvalue weighted by Gasteiger charge is -2.49. The molecule has 1 aliphatic rings. The SMILES string of the molecule is C#Cc1ccc(CCNc2ncc(C#N)c(C[C@@H]3C[C@H](O)C3(C)C)n2)cc1F. The van der Waals surface area contributed by atoms with Gasteiger partial charge in [-0.2, -0.15) is 5.26 Å².